The Balaban J connectivity index is 0.000000704. The van der Waals surface area contributed by atoms with E-state index in [0.717, 1.165) is 28.1 Å². The minimum absolute atomic E-state index is 0.847. The van der Waals surface area contributed by atoms with Gasteiger partial charge in [0.25, 0.3) is 0 Å². The zero-order valence-electron chi connectivity index (χ0n) is 12.1. The summed E-state index contributed by atoms with van der Waals surface area (Å²) in [6.07, 6.45) is 0. The lowest BCUT2D eigenvalue weighted by Gasteiger charge is -2.02. The van der Waals surface area contributed by atoms with E-state index in [4.69, 9.17) is 4.52 Å². The summed E-state index contributed by atoms with van der Waals surface area (Å²) in [6.45, 7) is 5.95. The van der Waals surface area contributed by atoms with Crippen LogP contribution in [0, 0.1) is 6.92 Å². The fourth-order valence-corrected chi connectivity index (χ4v) is 2.11. The normalized spacial score (nSPS) is 9.75. The Morgan fingerprint density at radius 3 is 1.80 bits per heavy atom. The Labute approximate surface area is 120 Å². The number of hydrogen-bond donors (Lipinski definition) is 0. The van der Waals surface area contributed by atoms with E-state index < -0.39 is 0 Å². The Morgan fingerprint density at radius 2 is 1.25 bits per heavy atom. The molecular weight excluding hydrogens is 246 g/mol. The molecule has 0 spiro atoms. The molecule has 0 radical (unpaired) electrons. The summed E-state index contributed by atoms with van der Waals surface area (Å²) in [5.74, 6) is 0.847. The fraction of sp³-hybridized carbons (Fsp3) is 0.167. The lowest BCUT2D eigenvalue weighted by Crippen LogP contribution is -1.83. The van der Waals surface area contributed by atoms with E-state index in [1.807, 2.05) is 69.3 Å². The third-order valence-corrected chi connectivity index (χ3v) is 2.97. The molecule has 0 saturated carbocycles. The fourth-order valence-electron chi connectivity index (χ4n) is 2.11. The summed E-state index contributed by atoms with van der Waals surface area (Å²) in [4.78, 5) is 0. The highest BCUT2D eigenvalue weighted by Gasteiger charge is 2.15. The van der Waals surface area contributed by atoms with Crippen molar-refractivity contribution in [2.75, 3.05) is 0 Å². The van der Waals surface area contributed by atoms with Crippen molar-refractivity contribution in [1.82, 2.24) is 5.16 Å². The first-order valence-corrected chi connectivity index (χ1v) is 6.93. The van der Waals surface area contributed by atoms with Gasteiger partial charge in [0.1, 0.15) is 11.5 Å². The van der Waals surface area contributed by atoms with Crippen LogP contribution >= 0.6 is 0 Å². The van der Waals surface area contributed by atoms with Gasteiger partial charge in [0.15, 0.2) is 0 Å². The average Bonchev–Trinajstić information content (AvgIpc) is 2.93. The summed E-state index contributed by atoms with van der Waals surface area (Å²) >= 11 is 0. The van der Waals surface area contributed by atoms with Gasteiger partial charge < -0.3 is 4.52 Å². The van der Waals surface area contributed by atoms with E-state index in [-0.39, 0.29) is 0 Å². The summed E-state index contributed by atoms with van der Waals surface area (Å²) in [6, 6.07) is 20.3. The molecule has 0 fully saturated rings. The maximum absolute atomic E-state index is 5.35. The van der Waals surface area contributed by atoms with Crippen molar-refractivity contribution in [1.29, 1.82) is 0 Å². The second kappa shape index (κ2) is 6.71. The molecule has 0 aliphatic heterocycles. The SMILES string of the molecule is CC.Cc1onc(-c2ccccc2)c1-c1ccccc1. The Bertz CT molecular complexity index is 642. The first-order valence-electron chi connectivity index (χ1n) is 6.93. The number of aryl methyl sites for hydroxylation is 1. The van der Waals surface area contributed by atoms with Gasteiger partial charge in [-0.25, -0.2) is 0 Å². The number of rotatable bonds is 2. The molecule has 20 heavy (non-hydrogen) atoms. The molecule has 3 rings (SSSR count). The van der Waals surface area contributed by atoms with Gasteiger partial charge in [-0.15, -0.1) is 0 Å². The number of hydrogen-bond acceptors (Lipinski definition) is 2. The summed E-state index contributed by atoms with van der Waals surface area (Å²) in [5, 5.41) is 4.19. The van der Waals surface area contributed by atoms with Crippen LogP contribution in [0.1, 0.15) is 19.6 Å². The van der Waals surface area contributed by atoms with Crippen LogP contribution < -0.4 is 0 Å². The van der Waals surface area contributed by atoms with Crippen LogP contribution in [0.15, 0.2) is 65.2 Å². The molecule has 0 saturated heterocycles. The Morgan fingerprint density at radius 1 is 0.750 bits per heavy atom. The maximum atomic E-state index is 5.35. The Kier molecular flexibility index (Phi) is 4.72. The highest BCUT2D eigenvalue weighted by atomic mass is 16.5. The molecule has 0 aliphatic carbocycles. The third-order valence-electron chi connectivity index (χ3n) is 2.97. The standard InChI is InChI=1S/C16H13NO.C2H6/c1-12-15(13-8-4-2-5-9-13)16(17-18-12)14-10-6-3-7-11-14;1-2/h2-11H,1H3;1-2H3. The van der Waals surface area contributed by atoms with E-state index in [1.165, 1.54) is 0 Å². The minimum Gasteiger partial charge on any atom is -0.360 e. The molecule has 0 atom stereocenters. The zero-order chi connectivity index (χ0) is 14.4. The van der Waals surface area contributed by atoms with Crippen LogP contribution in [0.2, 0.25) is 0 Å². The lowest BCUT2D eigenvalue weighted by atomic mass is 10.00. The monoisotopic (exact) mass is 265 g/mol. The van der Waals surface area contributed by atoms with Crippen LogP contribution in [-0.2, 0) is 0 Å². The van der Waals surface area contributed by atoms with E-state index in [1.54, 1.807) is 0 Å². The van der Waals surface area contributed by atoms with Gasteiger partial charge in [0.2, 0.25) is 0 Å². The molecule has 2 aromatic carbocycles. The number of nitrogens with zero attached hydrogens (tertiary/aromatic N) is 1. The average molecular weight is 265 g/mol. The molecule has 3 aromatic rings. The van der Waals surface area contributed by atoms with Crippen LogP contribution in [-0.4, -0.2) is 5.16 Å². The second-order valence-corrected chi connectivity index (χ2v) is 4.19. The van der Waals surface area contributed by atoms with E-state index in [2.05, 4.69) is 17.3 Å². The number of aromatic nitrogens is 1. The molecule has 1 heterocycles. The first kappa shape index (κ1) is 14.1. The van der Waals surface area contributed by atoms with Crippen molar-refractivity contribution in [3.8, 4) is 22.4 Å². The van der Waals surface area contributed by atoms with Crippen molar-refractivity contribution >= 4 is 0 Å². The smallest absolute Gasteiger partial charge is 0.142 e. The third kappa shape index (κ3) is 2.80. The van der Waals surface area contributed by atoms with Crippen molar-refractivity contribution in [3.05, 3.63) is 66.4 Å². The van der Waals surface area contributed by atoms with Crippen LogP contribution in [0.4, 0.5) is 0 Å². The van der Waals surface area contributed by atoms with Gasteiger partial charge in [-0.05, 0) is 12.5 Å². The first-order chi connectivity index (χ1) is 9.86. The topological polar surface area (TPSA) is 26.0 Å². The van der Waals surface area contributed by atoms with Crippen molar-refractivity contribution in [2.45, 2.75) is 20.8 Å². The summed E-state index contributed by atoms with van der Waals surface area (Å²) in [5.41, 5.74) is 4.18. The molecule has 0 bridgehead atoms. The molecule has 0 amide bonds. The van der Waals surface area contributed by atoms with Gasteiger partial charge in [0.05, 0.1) is 5.56 Å². The van der Waals surface area contributed by atoms with Crippen molar-refractivity contribution < 1.29 is 4.52 Å². The van der Waals surface area contributed by atoms with Crippen molar-refractivity contribution in [2.24, 2.45) is 0 Å². The van der Waals surface area contributed by atoms with Gasteiger partial charge in [-0.3, -0.25) is 0 Å². The molecular formula is C18H19NO. The van der Waals surface area contributed by atoms with Gasteiger partial charge >= 0.3 is 0 Å². The summed E-state index contributed by atoms with van der Waals surface area (Å²) < 4.78 is 5.35. The molecule has 0 aliphatic rings. The van der Waals surface area contributed by atoms with Gasteiger partial charge in [-0.2, -0.15) is 0 Å². The van der Waals surface area contributed by atoms with E-state index >= 15 is 0 Å². The molecule has 102 valence electrons. The van der Waals surface area contributed by atoms with Crippen LogP contribution in [0.3, 0.4) is 0 Å². The largest absolute Gasteiger partial charge is 0.360 e. The van der Waals surface area contributed by atoms with Crippen molar-refractivity contribution in [3.63, 3.8) is 0 Å². The van der Waals surface area contributed by atoms with Gasteiger partial charge in [-0.1, -0.05) is 79.7 Å². The predicted molar refractivity (Wildman–Crippen MR) is 83.5 cm³/mol. The maximum Gasteiger partial charge on any atom is 0.142 e. The quantitative estimate of drug-likeness (QED) is 0.624. The minimum atomic E-state index is 0.847. The van der Waals surface area contributed by atoms with Crippen LogP contribution in [0.25, 0.3) is 22.4 Å². The molecule has 2 nitrogen and oxygen atoms in total. The molecule has 0 unspecified atom stereocenters. The van der Waals surface area contributed by atoms with Gasteiger partial charge in [0, 0.05) is 5.56 Å². The highest BCUT2D eigenvalue weighted by Crippen LogP contribution is 2.33. The Hall–Kier alpha value is -2.35. The zero-order valence-corrected chi connectivity index (χ0v) is 12.1. The molecule has 1 aromatic heterocycles. The van der Waals surface area contributed by atoms with E-state index in [0.29, 0.717) is 0 Å². The molecule has 2 heteroatoms. The van der Waals surface area contributed by atoms with E-state index in [9.17, 15) is 0 Å². The van der Waals surface area contributed by atoms with Crippen LogP contribution in [0.5, 0.6) is 0 Å². The molecule has 0 N–H and O–H groups in total. The second-order valence-electron chi connectivity index (χ2n) is 4.19. The lowest BCUT2D eigenvalue weighted by molar-refractivity contribution is 0.400. The predicted octanol–water partition coefficient (Wildman–Crippen LogP) is 5.34. The number of benzene rings is 2. The summed E-state index contributed by atoms with van der Waals surface area (Å²) in [7, 11) is 0. The highest BCUT2D eigenvalue weighted by molar-refractivity contribution is 5.81.